The van der Waals surface area contributed by atoms with Crippen LogP contribution in [-0.2, 0) is 4.74 Å². The fourth-order valence-electron chi connectivity index (χ4n) is 1.57. The van der Waals surface area contributed by atoms with E-state index < -0.39 is 0 Å². The largest absolute Gasteiger partial charge is 0.497 e. The van der Waals surface area contributed by atoms with Crippen LogP contribution in [0.5, 0.6) is 5.75 Å². The van der Waals surface area contributed by atoms with Crippen LogP contribution < -0.4 is 10.5 Å². The van der Waals surface area contributed by atoms with Crippen molar-refractivity contribution < 1.29 is 9.47 Å². The second kappa shape index (κ2) is 6.51. The first kappa shape index (κ1) is 13.0. The van der Waals surface area contributed by atoms with Crippen LogP contribution in [0.2, 0.25) is 0 Å². The summed E-state index contributed by atoms with van der Waals surface area (Å²) in [6, 6.07) is 7.96. The Balaban J connectivity index is 2.54. The number of benzene rings is 1. The molecule has 0 saturated heterocycles. The minimum atomic E-state index is 0.0488. The third-order valence-electron chi connectivity index (χ3n) is 2.81. The lowest BCUT2D eigenvalue weighted by atomic mass is 10.0. The molecule has 1 rings (SSSR count). The topological polar surface area (TPSA) is 44.5 Å². The Hall–Kier alpha value is -1.06. The molecule has 2 unspecified atom stereocenters. The minimum absolute atomic E-state index is 0.0488. The van der Waals surface area contributed by atoms with E-state index in [2.05, 4.69) is 6.92 Å². The molecule has 0 aromatic heterocycles. The monoisotopic (exact) mass is 223 g/mol. The lowest BCUT2D eigenvalue weighted by molar-refractivity contribution is 0.107. The van der Waals surface area contributed by atoms with Crippen LogP contribution in [0.25, 0.3) is 0 Å². The molecule has 0 radical (unpaired) electrons. The Morgan fingerprint density at radius 3 is 2.62 bits per heavy atom. The molecule has 3 nitrogen and oxygen atoms in total. The molecule has 0 spiro atoms. The van der Waals surface area contributed by atoms with Crippen LogP contribution >= 0.6 is 0 Å². The van der Waals surface area contributed by atoms with E-state index in [-0.39, 0.29) is 12.1 Å². The van der Waals surface area contributed by atoms with E-state index in [4.69, 9.17) is 15.2 Å². The van der Waals surface area contributed by atoms with Gasteiger partial charge in [0, 0.05) is 13.2 Å². The van der Waals surface area contributed by atoms with Gasteiger partial charge in [-0.1, -0.05) is 12.1 Å². The maximum Gasteiger partial charge on any atom is 0.119 e. The van der Waals surface area contributed by atoms with Gasteiger partial charge in [-0.15, -0.1) is 0 Å². The first-order chi connectivity index (χ1) is 7.67. The summed E-state index contributed by atoms with van der Waals surface area (Å²) in [5, 5.41) is 0. The van der Waals surface area contributed by atoms with Crippen molar-refractivity contribution in [1.82, 2.24) is 0 Å². The summed E-state index contributed by atoms with van der Waals surface area (Å²) in [4.78, 5) is 0. The zero-order chi connectivity index (χ0) is 12.0. The second-order valence-electron chi connectivity index (χ2n) is 4.01. The van der Waals surface area contributed by atoms with Crippen molar-refractivity contribution in [3.8, 4) is 5.75 Å². The molecule has 0 saturated carbocycles. The van der Waals surface area contributed by atoms with E-state index in [0.717, 1.165) is 24.2 Å². The minimum Gasteiger partial charge on any atom is -0.497 e. The maximum atomic E-state index is 6.11. The summed E-state index contributed by atoms with van der Waals surface area (Å²) in [5.41, 5.74) is 7.22. The van der Waals surface area contributed by atoms with Crippen LogP contribution in [0.4, 0.5) is 0 Å². The number of nitrogens with two attached hydrogens (primary N) is 1. The normalized spacial score (nSPS) is 14.5. The SMILES string of the molecule is COc1cccc(C(N)CCC(C)OC)c1. The van der Waals surface area contributed by atoms with Crippen LogP contribution in [-0.4, -0.2) is 20.3 Å². The molecular weight excluding hydrogens is 202 g/mol. The molecular formula is C13H21NO2. The van der Waals surface area contributed by atoms with Crippen LogP contribution in [0.15, 0.2) is 24.3 Å². The van der Waals surface area contributed by atoms with E-state index in [9.17, 15) is 0 Å². The van der Waals surface area contributed by atoms with Gasteiger partial charge in [-0.05, 0) is 37.5 Å². The van der Waals surface area contributed by atoms with Crippen molar-refractivity contribution in [3.63, 3.8) is 0 Å². The summed E-state index contributed by atoms with van der Waals surface area (Å²) in [6.07, 6.45) is 2.15. The zero-order valence-corrected chi connectivity index (χ0v) is 10.3. The molecule has 2 N–H and O–H groups in total. The van der Waals surface area contributed by atoms with Crippen LogP contribution in [0, 0.1) is 0 Å². The third-order valence-corrected chi connectivity index (χ3v) is 2.81. The molecule has 2 atom stereocenters. The van der Waals surface area contributed by atoms with Gasteiger partial charge in [-0.2, -0.15) is 0 Å². The number of methoxy groups -OCH3 is 2. The van der Waals surface area contributed by atoms with Crippen molar-refractivity contribution >= 4 is 0 Å². The van der Waals surface area contributed by atoms with Crippen molar-refractivity contribution in [2.75, 3.05) is 14.2 Å². The molecule has 1 aromatic carbocycles. The predicted molar refractivity (Wildman–Crippen MR) is 65.6 cm³/mol. The van der Waals surface area contributed by atoms with Gasteiger partial charge in [0.1, 0.15) is 5.75 Å². The van der Waals surface area contributed by atoms with E-state index in [1.165, 1.54) is 0 Å². The van der Waals surface area contributed by atoms with Crippen molar-refractivity contribution in [1.29, 1.82) is 0 Å². The molecule has 0 aliphatic carbocycles. The molecule has 0 aliphatic heterocycles. The van der Waals surface area contributed by atoms with E-state index in [1.807, 2.05) is 24.3 Å². The highest BCUT2D eigenvalue weighted by Crippen LogP contribution is 2.21. The van der Waals surface area contributed by atoms with Gasteiger partial charge in [0.15, 0.2) is 0 Å². The highest BCUT2D eigenvalue weighted by atomic mass is 16.5. The Labute approximate surface area is 97.6 Å². The fraction of sp³-hybridized carbons (Fsp3) is 0.538. The van der Waals surface area contributed by atoms with E-state index in [0.29, 0.717) is 0 Å². The summed E-state index contributed by atoms with van der Waals surface area (Å²) in [7, 11) is 3.39. The average Bonchev–Trinajstić information content (AvgIpc) is 2.35. The Bertz CT molecular complexity index is 315. The summed E-state index contributed by atoms with van der Waals surface area (Å²) >= 11 is 0. The van der Waals surface area contributed by atoms with Crippen molar-refractivity contribution in [2.24, 2.45) is 5.73 Å². The van der Waals surface area contributed by atoms with E-state index in [1.54, 1.807) is 14.2 Å². The van der Waals surface area contributed by atoms with Gasteiger partial charge in [-0.25, -0.2) is 0 Å². The fourth-order valence-corrected chi connectivity index (χ4v) is 1.57. The van der Waals surface area contributed by atoms with Crippen molar-refractivity contribution in [2.45, 2.75) is 31.9 Å². The number of rotatable bonds is 6. The number of ether oxygens (including phenoxy) is 2. The van der Waals surface area contributed by atoms with Crippen LogP contribution in [0.1, 0.15) is 31.4 Å². The number of hydrogen-bond acceptors (Lipinski definition) is 3. The van der Waals surface area contributed by atoms with Gasteiger partial charge in [-0.3, -0.25) is 0 Å². The molecule has 0 fully saturated rings. The Morgan fingerprint density at radius 2 is 2.00 bits per heavy atom. The van der Waals surface area contributed by atoms with Crippen LogP contribution in [0.3, 0.4) is 0 Å². The first-order valence-electron chi connectivity index (χ1n) is 5.59. The van der Waals surface area contributed by atoms with Gasteiger partial charge < -0.3 is 15.2 Å². The first-order valence-corrected chi connectivity index (χ1v) is 5.59. The van der Waals surface area contributed by atoms with Gasteiger partial charge in [0.25, 0.3) is 0 Å². The molecule has 16 heavy (non-hydrogen) atoms. The molecule has 0 heterocycles. The van der Waals surface area contributed by atoms with Gasteiger partial charge in [0.05, 0.1) is 13.2 Å². The molecule has 3 heteroatoms. The summed E-state index contributed by atoms with van der Waals surface area (Å²) in [5.74, 6) is 0.854. The van der Waals surface area contributed by atoms with Gasteiger partial charge >= 0.3 is 0 Å². The lowest BCUT2D eigenvalue weighted by Crippen LogP contribution is -2.14. The highest BCUT2D eigenvalue weighted by Gasteiger charge is 2.09. The molecule has 0 aliphatic rings. The predicted octanol–water partition coefficient (Wildman–Crippen LogP) is 2.51. The molecule has 90 valence electrons. The Kier molecular flexibility index (Phi) is 5.29. The number of hydrogen-bond donors (Lipinski definition) is 1. The molecule has 0 amide bonds. The third kappa shape index (κ3) is 3.83. The summed E-state index contributed by atoms with van der Waals surface area (Å²) in [6.45, 7) is 2.05. The maximum absolute atomic E-state index is 6.11. The Morgan fingerprint density at radius 1 is 1.25 bits per heavy atom. The summed E-state index contributed by atoms with van der Waals surface area (Å²) < 4.78 is 10.4. The van der Waals surface area contributed by atoms with E-state index >= 15 is 0 Å². The highest BCUT2D eigenvalue weighted by molar-refractivity contribution is 5.30. The lowest BCUT2D eigenvalue weighted by Gasteiger charge is -2.15. The molecule has 1 aromatic rings. The van der Waals surface area contributed by atoms with Crippen molar-refractivity contribution in [3.05, 3.63) is 29.8 Å². The second-order valence-corrected chi connectivity index (χ2v) is 4.01. The smallest absolute Gasteiger partial charge is 0.119 e. The van der Waals surface area contributed by atoms with Gasteiger partial charge in [0.2, 0.25) is 0 Å². The molecule has 0 bridgehead atoms. The zero-order valence-electron chi connectivity index (χ0n) is 10.3. The average molecular weight is 223 g/mol. The quantitative estimate of drug-likeness (QED) is 0.806. The standard InChI is InChI=1S/C13H21NO2/c1-10(15-2)7-8-13(14)11-5-4-6-12(9-11)16-3/h4-6,9-10,13H,7-8,14H2,1-3H3.